The molecule has 0 aliphatic heterocycles. The molecule has 0 spiro atoms. The van der Waals surface area contributed by atoms with Gasteiger partial charge in [-0.3, -0.25) is 4.79 Å². The van der Waals surface area contributed by atoms with E-state index in [0.717, 1.165) is 24.2 Å². The molecular formula is C24H24OS2. The predicted octanol–water partition coefficient (Wildman–Crippen LogP) is 6.53. The average molecular weight is 393 g/mol. The quantitative estimate of drug-likeness (QED) is 0.288. The first-order valence-corrected chi connectivity index (χ1v) is 11.1. The van der Waals surface area contributed by atoms with E-state index in [2.05, 4.69) is 36.4 Å². The molecule has 3 heteroatoms. The Kier molecular flexibility index (Phi) is 8.06. The van der Waals surface area contributed by atoms with Crippen LogP contribution in [0.15, 0.2) is 101 Å². The van der Waals surface area contributed by atoms with Crippen LogP contribution in [0.2, 0.25) is 0 Å². The van der Waals surface area contributed by atoms with Crippen LogP contribution in [0, 0.1) is 0 Å². The van der Waals surface area contributed by atoms with Crippen LogP contribution >= 0.6 is 23.5 Å². The van der Waals surface area contributed by atoms with E-state index in [1.54, 1.807) is 11.8 Å². The first kappa shape index (κ1) is 19.8. The minimum Gasteiger partial charge on any atom is -0.298 e. The van der Waals surface area contributed by atoms with E-state index in [0.29, 0.717) is 12.2 Å². The summed E-state index contributed by atoms with van der Waals surface area (Å²) in [6.07, 6.45) is 2.45. The number of carbonyl (C=O) groups excluding carboxylic acids is 1. The third-order valence-corrected chi connectivity index (χ3v) is 6.65. The highest BCUT2D eigenvalue weighted by Gasteiger charge is 2.19. The second-order valence-electron chi connectivity index (χ2n) is 6.35. The van der Waals surface area contributed by atoms with Crippen molar-refractivity contribution in [2.75, 3.05) is 5.75 Å². The first-order valence-electron chi connectivity index (χ1n) is 9.27. The number of rotatable bonds is 10. The standard InChI is InChI=1S/C24H24OS2/c25-23(19-20-11-4-1-5-12-20)24(27-22-15-8-3-9-16-22)17-10-18-26-21-13-6-2-7-14-21/h1-9,11-16,24H,10,17-19H2. The van der Waals surface area contributed by atoms with Crippen LogP contribution in [0.5, 0.6) is 0 Å². The highest BCUT2D eigenvalue weighted by molar-refractivity contribution is 8.00. The summed E-state index contributed by atoms with van der Waals surface area (Å²) in [5, 5.41) is 0.00368. The van der Waals surface area contributed by atoms with Gasteiger partial charge in [-0.25, -0.2) is 0 Å². The van der Waals surface area contributed by atoms with E-state index < -0.39 is 0 Å². The average Bonchev–Trinajstić information content (AvgIpc) is 2.72. The molecule has 0 bridgehead atoms. The lowest BCUT2D eigenvalue weighted by Crippen LogP contribution is -2.19. The molecule has 3 aromatic carbocycles. The van der Waals surface area contributed by atoms with Crippen LogP contribution in [-0.4, -0.2) is 16.8 Å². The van der Waals surface area contributed by atoms with Gasteiger partial charge >= 0.3 is 0 Å². The topological polar surface area (TPSA) is 17.1 Å². The molecule has 1 unspecified atom stereocenters. The van der Waals surface area contributed by atoms with Gasteiger partial charge in [-0.2, -0.15) is 0 Å². The Balaban J connectivity index is 1.57. The summed E-state index contributed by atoms with van der Waals surface area (Å²) in [6, 6.07) is 30.8. The van der Waals surface area contributed by atoms with Gasteiger partial charge in [0.1, 0.15) is 0 Å². The number of hydrogen-bond donors (Lipinski definition) is 0. The summed E-state index contributed by atoms with van der Waals surface area (Å²) < 4.78 is 0. The number of thioether (sulfide) groups is 2. The van der Waals surface area contributed by atoms with Crippen molar-refractivity contribution in [2.45, 2.75) is 34.3 Å². The van der Waals surface area contributed by atoms with Gasteiger partial charge in [-0.15, -0.1) is 23.5 Å². The van der Waals surface area contributed by atoms with Crippen LogP contribution in [0.25, 0.3) is 0 Å². The summed E-state index contributed by atoms with van der Waals surface area (Å²) in [6.45, 7) is 0. The second-order valence-corrected chi connectivity index (χ2v) is 8.80. The van der Waals surface area contributed by atoms with E-state index in [9.17, 15) is 4.79 Å². The van der Waals surface area contributed by atoms with Crippen LogP contribution in [0.1, 0.15) is 18.4 Å². The number of benzene rings is 3. The highest BCUT2D eigenvalue weighted by Crippen LogP contribution is 2.29. The molecular weight excluding hydrogens is 368 g/mol. The minimum atomic E-state index is 0.00368. The first-order chi connectivity index (χ1) is 13.3. The monoisotopic (exact) mass is 392 g/mol. The zero-order valence-electron chi connectivity index (χ0n) is 15.3. The van der Waals surface area contributed by atoms with Gasteiger partial charge in [0.25, 0.3) is 0 Å². The molecule has 0 N–H and O–H groups in total. The van der Waals surface area contributed by atoms with E-state index in [4.69, 9.17) is 0 Å². The van der Waals surface area contributed by atoms with Gasteiger partial charge in [0.2, 0.25) is 0 Å². The second kappa shape index (κ2) is 11.0. The van der Waals surface area contributed by atoms with Crippen molar-refractivity contribution in [3.05, 3.63) is 96.6 Å². The molecule has 27 heavy (non-hydrogen) atoms. The predicted molar refractivity (Wildman–Crippen MR) is 118 cm³/mol. The van der Waals surface area contributed by atoms with E-state index in [-0.39, 0.29) is 5.25 Å². The smallest absolute Gasteiger partial charge is 0.150 e. The summed E-state index contributed by atoms with van der Waals surface area (Å²) in [4.78, 5) is 15.4. The number of Topliss-reactive ketones (excluding diaryl/α,β-unsaturated/α-hetero) is 1. The maximum absolute atomic E-state index is 13.0. The molecule has 3 rings (SSSR count). The fourth-order valence-corrected chi connectivity index (χ4v) is 4.87. The zero-order chi connectivity index (χ0) is 18.7. The summed E-state index contributed by atoms with van der Waals surface area (Å²) >= 11 is 3.57. The third-order valence-electron chi connectivity index (χ3n) is 4.22. The van der Waals surface area contributed by atoms with Gasteiger partial charge in [0, 0.05) is 16.2 Å². The lowest BCUT2D eigenvalue weighted by atomic mass is 10.0. The summed E-state index contributed by atoms with van der Waals surface area (Å²) in [7, 11) is 0. The molecule has 0 heterocycles. The van der Waals surface area contributed by atoms with Gasteiger partial charge < -0.3 is 0 Å². The SMILES string of the molecule is O=C(Cc1ccccc1)C(CCCSc1ccccc1)Sc1ccccc1. The third kappa shape index (κ3) is 6.93. The molecule has 0 amide bonds. The minimum absolute atomic E-state index is 0.00368. The summed E-state index contributed by atoms with van der Waals surface area (Å²) in [5.74, 6) is 1.36. The van der Waals surface area contributed by atoms with Crippen molar-refractivity contribution < 1.29 is 4.79 Å². The molecule has 0 aliphatic rings. The fourth-order valence-electron chi connectivity index (χ4n) is 2.84. The molecule has 0 aromatic heterocycles. The largest absolute Gasteiger partial charge is 0.298 e. The van der Waals surface area contributed by atoms with Crippen molar-refractivity contribution in [1.29, 1.82) is 0 Å². The van der Waals surface area contributed by atoms with Crippen molar-refractivity contribution in [3.63, 3.8) is 0 Å². The van der Waals surface area contributed by atoms with Crippen molar-refractivity contribution in [1.82, 2.24) is 0 Å². The van der Waals surface area contributed by atoms with E-state index >= 15 is 0 Å². The van der Waals surface area contributed by atoms with Crippen molar-refractivity contribution >= 4 is 29.3 Å². The highest BCUT2D eigenvalue weighted by atomic mass is 32.2. The molecule has 0 saturated heterocycles. The Morgan fingerprint density at radius 2 is 1.30 bits per heavy atom. The maximum Gasteiger partial charge on any atom is 0.150 e. The van der Waals surface area contributed by atoms with Crippen LogP contribution < -0.4 is 0 Å². The molecule has 1 nitrogen and oxygen atoms in total. The molecule has 0 radical (unpaired) electrons. The van der Waals surface area contributed by atoms with Crippen molar-refractivity contribution in [3.8, 4) is 0 Å². The Morgan fingerprint density at radius 3 is 1.93 bits per heavy atom. The fraction of sp³-hybridized carbons (Fsp3) is 0.208. The Hall–Kier alpha value is -1.97. The van der Waals surface area contributed by atoms with E-state index in [1.165, 1.54) is 9.79 Å². The Labute approximate surface area is 170 Å². The van der Waals surface area contributed by atoms with Crippen LogP contribution in [-0.2, 0) is 11.2 Å². The number of carbonyl (C=O) groups is 1. The number of hydrogen-bond acceptors (Lipinski definition) is 3. The van der Waals surface area contributed by atoms with Gasteiger partial charge in [-0.05, 0) is 48.4 Å². The molecule has 0 fully saturated rings. The molecule has 0 saturated carbocycles. The molecule has 0 aliphatic carbocycles. The van der Waals surface area contributed by atoms with Crippen LogP contribution in [0.3, 0.4) is 0 Å². The zero-order valence-corrected chi connectivity index (χ0v) is 16.9. The number of ketones is 1. The van der Waals surface area contributed by atoms with Gasteiger partial charge in [0.15, 0.2) is 5.78 Å². The lowest BCUT2D eigenvalue weighted by Gasteiger charge is -2.16. The van der Waals surface area contributed by atoms with Crippen molar-refractivity contribution in [2.24, 2.45) is 0 Å². The Morgan fingerprint density at radius 1 is 0.741 bits per heavy atom. The molecule has 3 aromatic rings. The molecule has 138 valence electrons. The summed E-state index contributed by atoms with van der Waals surface area (Å²) in [5.41, 5.74) is 1.10. The van der Waals surface area contributed by atoms with Gasteiger partial charge in [-0.1, -0.05) is 66.7 Å². The van der Waals surface area contributed by atoms with Gasteiger partial charge in [0.05, 0.1) is 5.25 Å². The Bertz CT molecular complexity index is 804. The molecule has 1 atom stereocenters. The maximum atomic E-state index is 13.0. The normalized spacial score (nSPS) is 11.9. The lowest BCUT2D eigenvalue weighted by molar-refractivity contribution is -0.118. The van der Waals surface area contributed by atoms with Crippen LogP contribution in [0.4, 0.5) is 0 Å². The van der Waals surface area contributed by atoms with E-state index in [1.807, 2.05) is 66.4 Å².